The lowest BCUT2D eigenvalue weighted by molar-refractivity contribution is -0.170. The zero-order valence-corrected chi connectivity index (χ0v) is 23.6. The van der Waals surface area contributed by atoms with Gasteiger partial charge in [-0.2, -0.15) is 4.98 Å². The van der Waals surface area contributed by atoms with E-state index in [1.807, 2.05) is 44.3 Å². The van der Waals surface area contributed by atoms with E-state index in [0.717, 1.165) is 43.0 Å². The number of rotatable bonds is 12. The summed E-state index contributed by atoms with van der Waals surface area (Å²) < 4.78 is 5.49. The molecule has 1 saturated heterocycles. The third kappa shape index (κ3) is 10.4. The number of hydrogen-bond acceptors (Lipinski definition) is 9. The molecule has 1 aromatic carbocycles. The Balaban J connectivity index is 0.000000383. The second-order valence-corrected chi connectivity index (χ2v) is 9.86. The number of carboxylic acid groups (broad SMARTS) is 3. The van der Waals surface area contributed by atoms with E-state index >= 15 is 0 Å². The van der Waals surface area contributed by atoms with Crippen molar-refractivity contribution in [3.8, 4) is 17.3 Å². The smallest absolute Gasteiger partial charge is 0.336 e. The molecule has 4 N–H and O–H groups in total. The topological polar surface area (TPSA) is 191 Å². The highest BCUT2D eigenvalue weighted by molar-refractivity contribution is 5.88. The van der Waals surface area contributed by atoms with Crippen LogP contribution in [0.2, 0.25) is 0 Å². The highest BCUT2D eigenvalue weighted by Gasteiger charge is 2.40. The minimum absolute atomic E-state index is 0.0643. The van der Waals surface area contributed by atoms with E-state index in [4.69, 9.17) is 25.2 Å². The number of benzene rings is 1. The third-order valence-corrected chi connectivity index (χ3v) is 6.64. The first-order chi connectivity index (χ1) is 19.4. The Hall–Kier alpha value is -4.10. The number of aryl methyl sites for hydroxylation is 1. The summed E-state index contributed by atoms with van der Waals surface area (Å²) in [4.78, 5) is 56.6. The Morgan fingerprint density at radius 1 is 0.976 bits per heavy atom. The summed E-state index contributed by atoms with van der Waals surface area (Å²) >= 11 is 0. The minimum atomic E-state index is -2.74. The highest BCUT2D eigenvalue weighted by atomic mass is 16.5. The van der Waals surface area contributed by atoms with Crippen molar-refractivity contribution in [3.05, 3.63) is 41.6 Å². The maximum Gasteiger partial charge on any atom is 0.336 e. The van der Waals surface area contributed by atoms with Crippen molar-refractivity contribution < 1.29 is 44.3 Å². The van der Waals surface area contributed by atoms with Gasteiger partial charge in [0, 0.05) is 37.0 Å². The van der Waals surface area contributed by atoms with Crippen LogP contribution < -0.4 is 4.74 Å². The second-order valence-electron chi connectivity index (χ2n) is 9.86. The SMILES string of the molecule is COc1nc(-c2ccccc2)nc(C)c1CC(=O)N(C)CCN1CCCCC1.O=C(O)CC(O)(CC(=O)O)C(=O)O. The number of ether oxygens (including phenoxy) is 1. The molecule has 1 aliphatic rings. The molecule has 2 heterocycles. The van der Waals surface area contributed by atoms with Crippen LogP contribution in [-0.2, 0) is 25.6 Å². The summed E-state index contributed by atoms with van der Waals surface area (Å²) in [6, 6.07) is 9.80. The van der Waals surface area contributed by atoms with Gasteiger partial charge in [-0.05, 0) is 32.9 Å². The molecule has 1 fully saturated rings. The highest BCUT2D eigenvalue weighted by Crippen LogP contribution is 2.24. The molecule has 0 atom stereocenters. The number of likely N-dealkylation sites (tertiary alicyclic amines) is 1. The van der Waals surface area contributed by atoms with Crippen molar-refractivity contribution in [2.45, 2.75) is 51.0 Å². The molecule has 1 amide bonds. The molecule has 13 heteroatoms. The molecule has 0 unspecified atom stereocenters. The Labute approximate surface area is 238 Å². The van der Waals surface area contributed by atoms with Gasteiger partial charge in [-0.25, -0.2) is 9.78 Å². The molecule has 13 nitrogen and oxygen atoms in total. The fourth-order valence-electron chi connectivity index (χ4n) is 4.26. The summed E-state index contributed by atoms with van der Waals surface area (Å²) in [5.41, 5.74) is -0.265. The van der Waals surface area contributed by atoms with Crippen LogP contribution in [0.5, 0.6) is 5.88 Å². The standard InChI is InChI=1S/C22H30N4O2.C6H8O7/c1-17-19(16-20(27)25(2)14-15-26-12-8-5-9-13-26)22(28-3)24-21(23-17)18-10-6-4-7-11-18;7-3(8)1-6(13,5(11)12)2-4(9)10/h4,6-7,10-11H,5,8-9,12-16H2,1-3H3;13H,1-2H2,(H,7,8)(H,9,10)(H,11,12). The maximum atomic E-state index is 12.8. The number of methoxy groups -OCH3 is 1. The molecule has 0 radical (unpaired) electrons. The van der Waals surface area contributed by atoms with Gasteiger partial charge in [0.1, 0.15) is 0 Å². The van der Waals surface area contributed by atoms with Crippen LogP contribution in [0, 0.1) is 6.92 Å². The van der Waals surface area contributed by atoms with Gasteiger partial charge in [0.25, 0.3) is 0 Å². The van der Waals surface area contributed by atoms with Crippen molar-refractivity contribution in [1.82, 2.24) is 19.8 Å². The lowest BCUT2D eigenvalue weighted by Crippen LogP contribution is -2.42. The van der Waals surface area contributed by atoms with Crippen LogP contribution in [0.1, 0.15) is 43.4 Å². The molecule has 0 saturated carbocycles. The Morgan fingerprint density at radius 2 is 1.56 bits per heavy atom. The zero-order valence-electron chi connectivity index (χ0n) is 23.6. The van der Waals surface area contributed by atoms with E-state index < -0.39 is 36.4 Å². The van der Waals surface area contributed by atoms with Crippen molar-refractivity contribution in [2.75, 3.05) is 40.3 Å². The summed E-state index contributed by atoms with van der Waals surface area (Å²) in [6.45, 7) is 5.87. The predicted octanol–water partition coefficient (Wildman–Crippen LogP) is 1.70. The van der Waals surface area contributed by atoms with E-state index in [2.05, 4.69) is 14.9 Å². The van der Waals surface area contributed by atoms with Crippen LogP contribution >= 0.6 is 0 Å². The van der Waals surface area contributed by atoms with Crippen molar-refractivity contribution in [1.29, 1.82) is 0 Å². The quantitative estimate of drug-likeness (QED) is 0.287. The normalized spacial score (nSPS) is 13.5. The number of piperidine rings is 1. The van der Waals surface area contributed by atoms with Crippen LogP contribution in [0.4, 0.5) is 0 Å². The minimum Gasteiger partial charge on any atom is -0.481 e. The van der Waals surface area contributed by atoms with Crippen LogP contribution in [0.25, 0.3) is 11.4 Å². The van der Waals surface area contributed by atoms with E-state index in [1.54, 1.807) is 12.0 Å². The summed E-state index contributed by atoms with van der Waals surface area (Å²) in [5.74, 6) is -3.86. The van der Waals surface area contributed by atoms with Gasteiger partial charge < -0.3 is 35.0 Å². The van der Waals surface area contributed by atoms with Crippen molar-refractivity contribution in [3.63, 3.8) is 0 Å². The molecule has 3 rings (SSSR count). The second kappa shape index (κ2) is 15.6. The van der Waals surface area contributed by atoms with E-state index in [1.165, 1.54) is 19.3 Å². The van der Waals surface area contributed by atoms with Gasteiger partial charge in [-0.15, -0.1) is 0 Å². The van der Waals surface area contributed by atoms with Crippen LogP contribution in [-0.4, -0.2) is 110 Å². The van der Waals surface area contributed by atoms with Gasteiger partial charge in [0.2, 0.25) is 11.8 Å². The first kappa shape index (κ1) is 33.1. The van der Waals surface area contributed by atoms with Gasteiger partial charge in [0.05, 0.1) is 26.4 Å². The third-order valence-electron chi connectivity index (χ3n) is 6.64. The molecule has 0 aliphatic carbocycles. The largest absolute Gasteiger partial charge is 0.481 e. The monoisotopic (exact) mass is 574 g/mol. The van der Waals surface area contributed by atoms with E-state index in [9.17, 15) is 19.2 Å². The van der Waals surface area contributed by atoms with Crippen LogP contribution in [0.3, 0.4) is 0 Å². The summed E-state index contributed by atoms with van der Waals surface area (Å²) in [7, 11) is 3.46. The first-order valence-electron chi connectivity index (χ1n) is 13.2. The summed E-state index contributed by atoms with van der Waals surface area (Å²) in [6.07, 6.45) is 1.81. The number of aliphatic carboxylic acids is 3. The fraction of sp³-hybridized carbons (Fsp3) is 0.500. The Bertz CT molecular complexity index is 1180. The number of aliphatic hydroxyl groups is 1. The molecular formula is C28H38N4O9. The maximum absolute atomic E-state index is 12.8. The number of amides is 1. The number of likely N-dealkylation sites (N-methyl/N-ethyl adjacent to an activating group) is 1. The van der Waals surface area contributed by atoms with Crippen molar-refractivity contribution in [2.24, 2.45) is 0 Å². The van der Waals surface area contributed by atoms with Crippen LogP contribution in [0.15, 0.2) is 30.3 Å². The molecule has 41 heavy (non-hydrogen) atoms. The number of carbonyl (C=O) groups is 4. The van der Waals surface area contributed by atoms with Gasteiger partial charge in [-0.1, -0.05) is 36.8 Å². The Morgan fingerprint density at radius 3 is 2.07 bits per heavy atom. The molecular weight excluding hydrogens is 536 g/mol. The number of aromatic nitrogens is 2. The van der Waals surface area contributed by atoms with Gasteiger partial charge in [-0.3, -0.25) is 14.4 Å². The molecule has 0 spiro atoms. The molecule has 2 aromatic rings. The number of hydrogen-bond donors (Lipinski definition) is 4. The number of nitrogens with zero attached hydrogens (tertiary/aromatic N) is 4. The molecule has 1 aliphatic heterocycles. The number of carbonyl (C=O) groups excluding carboxylic acids is 1. The van der Waals surface area contributed by atoms with Gasteiger partial charge >= 0.3 is 17.9 Å². The zero-order chi connectivity index (χ0) is 30.6. The number of carboxylic acids is 3. The van der Waals surface area contributed by atoms with E-state index in [-0.39, 0.29) is 12.3 Å². The van der Waals surface area contributed by atoms with E-state index in [0.29, 0.717) is 11.7 Å². The summed E-state index contributed by atoms with van der Waals surface area (Å²) in [5, 5.41) is 33.8. The fourth-order valence-corrected chi connectivity index (χ4v) is 4.26. The molecule has 1 aromatic heterocycles. The average molecular weight is 575 g/mol. The average Bonchev–Trinajstić information content (AvgIpc) is 2.93. The molecule has 0 bridgehead atoms. The van der Waals surface area contributed by atoms with Gasteiger partial charge in [0.15, 0.2) is 11.4 Å². The first-order valence-corrected chi connectivity index (χ1v) is 13.2. The lowest BCUT2D eigenvalue weighted by atomic mass is 9.96. The molecule has 224 valence electrons. The predicted molar refractivity (Wildman–Crippen MR) is 147 cm³/mol. The lowest BCUT2D eigenvalue weighted by Gasteiger charge is -2.28. The Kier molecular flexibility index (Phi) is 12.6. The van der Waals surface area contributed by atoms with Crippen molar-refractivity contribution >= 4 is 23.8 Å².